The number of nitrogens with two attached hydrogens (primary N) is 1. The summed E-state index contributed by atoms with van der Waals surface area (Å²) in [6.07, 6.45) is 0. The fourth-order valence-corrected chi connectivity index (χ4v) is 5.70. The number of methoxy groups -OCH3 is 2. The molecule has 4 rings (SSSR count). The number of carbonyl (C=O) groups excluding carboxylic acids is 2. The number of primary sulfonamides is 1. The molecule has 1 aliphatic rings. The van der Waals surface area contributed by atoms with Crippen LogP contribution < -0.4 is 10.5 Å². The van der Waals surface area contributed by atoms with E-state index < -0.39 is 33.8 Å². The predicted molar refractivity (Wildman–Crippen MR) is 145 cm³/mol. The van der Waals surface area contributed by atoms with Crippen LogP contribution in [0.1, 0.15) is 25.3 Å². The number of esters is 2. The Balaban J connectivity index is 1.73. The van der Waals surface area contributed by atoms with E-state index in [-0.39, 0.29) is 10.5 Å². The molecule has 0 saturated carbocycles. The number of thiazole rings is 1. The van der Waals surface area contributed by atoms with E-state index in [1.165, 1.54) is 37.7 Å². The highest BCUT2D eigenvalue weighted by molar-refractivity contribution is 7.89. The van der Waals surface area contributed by atoms with Crippen molar-refractivity contribution in [1.82, 2.24) is 4.98 Å². The van der Waals surface area contributed by atoms with Crippen LogP contribution in [0.2, 0.25) is 0 Å². The lowest BCUT2D eigenvalue weighted by Gasteiger charge is -2.32. The predicted octanol–water partition coefficient (Wildman–Crippen LogP) is 4.00. The number of para-hydroxylation sites is 1. The van der Waals surface area contributed by atoms with Crippen molar-refractivity contribution in [3.8, 4) is 11.3 Å². The molecule has 2 unspecified atom stereocenters. The van der Waals surface area contributed by atoms with Gasteiger partial charge in [-0.3, -0.25) is 9.79 Å². The SMILES string of the molecule is COC(=O)C1=C(C)N=C(C)C(C(=O)OC)C1c1ccccc1Nc1nc(-c2ccc(S(N)(=O)=O)cc2)cs1. The lowest BCUT2D eigenvalue weighted by Crippen LogP contribution is -2.36. The van der Waals surface area contributed by atoms with E-state index in [2.05, 4.69) is 15.3 Å². The number of carbonyl (C=O) groups is 2. The molecule has 198 valence electrons. The fourth-order valence-electron chi connectivity index (χ4n) is 4.46. The standard InChI is InChI=1S/C26H26N4O6S2/c1-14-21(24(31)35-3)23(22(15(2)28-14)25(32)36-4)18-7-5-6-8-19(18)29-26-30-20(13-37-26)16-9-11-17(12-10-16)38(27,33)34/h5-13,21,23H,1-4H3,(H,29,30)(H2,27,33,34). The second kappa shape index (κ2) is 10.9. The number of sulfonamides is 1. The second-order valence-electron chi connectivity index (χ2n) is 8.54. The Kier molecular flexibility index (Phi) is 7.76. The number of aliphatic imine (C=N–C) groups is 1. The monoisotopic (exact) mass is 554 g/mol. The van der Waals surface area contributed by atoms with Crippen LogP contribution in [0.3, 0.4) is 0 Å². The number of ether oxygens (including phenoxy) is 2. The minimum atomic E-state index is -3.79. The first-order valence-electron chi connectivity index (χ1n) is 11.4. The van der Waals surface area contributed by atoms with E-state index in [1.807, 2.05) is 29.6 Å². The van der Waals surface area contributed by atoms with Crippen molar-refractivity contribution in [1.29, 1.82) is 0 Å². The Morgan fingerprint density at radius 2 is 1.71 bits per heavy atom. The summed E-state index contributed by atoms with van der Waals surface area (Å²) in [7, 11) is -1.21. The first-order valence-corrected chi connectivity index (χ1v) is 13.8. The van der Waals surface area contributed by atoms with Gasteiger partial charge in [-0.05, 0) is 37.6 Å². The van der Waals surface area contributed by atoms with Crippen LogP contribution in [0, 0.1) is 5.92 Å². The zero-order valence-electron chi connectivity index (χ0n) is 21.1. The Morgan fingerprint density at radius 1 is 1.03 bits per heavy atom. The van der Waals surface area contributed by atoms with Crippen molar-refractivity contribution in [3.63, 3.8) is 0 Å². The van der Waals surface area contributed by atoms with Gasteiger partial charge in [0.2, 0.25) is 10.0 Å². The van der Waals surface area contributed by atoms with Gasteiger partial charge >= 0.3 is 11.9 Å². The van der Waals surface area contributed by atoms with Crippen LogP contribution in [-0.2, 0) is 29.1 Å². The normalized spacial score (nSPS) is 17.6. The van der Waals surface area contributed by atoms with Crippen molar-refractivity contribution in [2.45, 2.75) is 24.7 Å². The van der Waals surface area contributed by atoms with E-state index in [0.29, 0.717) is 39.0 Å². The van der Waals surface area contributed by atoms with E-state index in [4.69, 9.17) is 14.6 Å². The Hall–Kier alpha value is -3.87. The molecule has 0 spiro atoms. The van der Waals surface area contributed by atoms with E-state index in [0.717, 1.165) is 0 Å². The van der Waals surface area contributed by atoms with Crippen molar-refractivity contribution in [2.24, 2.45) is 16.0 Å². The first-order chi connectivity index (χ1) is 18.0. The zero-order valence-corrected chi connectivity index (χ0v) is 22.7. The largest absolute Gasteiger partial charge is 0.468 e. The summed E-state index contributed by atoms with van der Waals surface area (Å²) in [5.74, 6) is -2.63. The van der Waals surface area contributed by atoms with Crippen LogP contribution in [0.5, 0.6) is 0 Å². The number of hydrogen-bond acceptors (Lipinski definition) is 10. The molecule has 10 nitrogen and oxygen atoms in total. The summed E-state index contributed by atoms with van der Waals surface area (Å²) < 4.78 is 33.2. The number of nitrogens with one attached hydrogen (secondary N) is 1. The first kappa shape index (κ1) is 27.2. The van der Waals surface area contributed by atoms with Gasteiger partial charge in [-0.25, -0.2) is 23.3 Å². The van der Waals surface area contributed by atoms with Gasteiger partial charge in [-0.2, -0.15) is 0 Å². The van der Waals surface area contributed by atoms with Gasteiger partial charge in [0, 0.05) is 34.0 Å². The molecule has 1 aliphatic heterocycles. The molecule has 12 heteroatoms. The van der Waals surface area contributed by atoms with Crippen molar-refractivity contribution >= 4 is 49.8 Å². The molecule has 3 N–H and O–H groups in total. The summed E-state index contributed by atoms with van der Waals surface area (Å²) in [5.41, 5.74) is 3.93. The van der Waals surface area contributed by atoms with Crippen molar-refractivity contribution < 1.29 is 27.5 Å². The fraction of sp³-hybridized carbons (Fsp3) is 0.231. The van der Waals surface area contributed by atoms with Crippen LogP contribution in [0.4, 0.5) is 10.8 Å². The van der Waals surface area contributed by atoms with Crippen LogP contribution in [0.25, 0.3) is 11.3 Å². The molecule has 0 fully saturated rings. The molecular formula is C26H26N4O6S2. The lowest BCUT2D eigenvalue weighted by molar-refractivity contribution is -0.143. The molecule has 2 aromatic carbocycles. The molecule has 2 atom stereocenters. The number of hydrogen-bond donors (Lipinski definition) is 2. The Morgan fingerprint density at radius 3 is 2.34 bits per heavy atom. The van der Waals surface area contributed by atoms with Gasteiger partial charge < -0.3 is 14.8 Å². The number of aromatic nitrogens is 1. The van der Waals surface area contributed by atoms with E-state index >= 15 is 0 Å². The van der Waals surface area contributed by atoms with Gasteiger partial charge in [0.25, 0.3) is 0 Å². The number of nitrogens with zero attached hydrogens (tertiary/aromatic N) is 2. The average molecular weight is 555 g/mol. The third kappa shape index (κ3) is 5.37. The summed E-state index contributed by atoms with van der Waals surface area (Å²) in [4.78, 5) is 34.8. The molecule has 38 heavy (non-hydrogen) atoms. The zero-order chi connectivity index (χ0) is 27.6. The highest BCUT2D eigenvalue weighted by Crippen LogP contribution is 2.43. The number of allylic oxidation sites excluding steroid dienone is 1. The Bertz CT molecular complexity index is 1560. The molecular weight excluding hydrogens is 528 g/mol. The molecule has 0 amide bonds. The highest BCUT2D eigenvalue weighted by atomic mass is 32.2. The molecule has 0 radical (unpaired) electrons. The summed E-state index contributed by atoms with van der Waals surface area (Å²) in [6, 6.07) is 13.4. The summed E-state index contributed by atoms with van der Waals surface area (Å²) in [5, 5.41) is 10.9. The Labute approximate surface area is 224 Å². The van der Waals surface area contributed by atoms with Gasteiger partial charge in [-0.1, -0.05) is 30.3 Å². The minimum absolute atomic E-state index is 0.0139. The van der Waals surface area contributed by atoms with Crippen molar-refractivity contribution in [2.75, 3.05) is 19.5 Å². The number of benzene rings is 2. The maximum atomic E-state index is 12.9. The van der Waals surface area contributed by atoms with E-state index in [1.54, 1.807) is 26.0 Å². The van der Waals surface area contributed by atoms with Gasteiger partial charge in [-0.15, -0.1) is 11.3 Å². The molecule has 0 aliphatic carbocycles. The van der Waals surface area contributed by atoms with Crippen LogP contribution >= 0.6 is 11.3 Å². The molecule has 3 aromatic rings. The van der Waals surface area contributed by atoms with Crippen molar-refractivity contribution in [3.05, 3.63) is 70.7 Å². The highest BCUT2D eigenvalue weighted by Gasteiger charge is 2.43. The maximum absolute atomic E-state index is 12.9. The van der Waals surface area contributed by atoms with Gasteiger partial charge in [0.15, 0.2) is 5.13 Å². The third-order valence-electron chi connectivity index (χ3n) is 6.21. The van der Waals surface area contributed by atoms with Crippen LogP contribution in [0.15, 0.2) is 75.1 Å². The second-order valence-corrected chi connectivity index (χ2v) is 11.0. The molecule has 1 aromatic heterocycles. The molecule has 0 saturated heterocycles. The molecule has 0 bridgehead atoms. The quantitative estimate of drug-likeness (QED) is 0.416. The third-order valence-corrected chi connectivity index (χ3v) is 7.90. The lowest BCUT2D eigenvalue weighted by atomic mass is 9.75. The number of anilines is 2. The summed E-state index contributed by atoms with van der Waals surface area (Å²) >= 11 is 1.34. The van der Waals surface area contributed by atoms with Gasteiger partial charge in [0.1, 0.15) is 5.92 Å². The smallest absolute Gasteiger partial charge is 0.336 e. The maximum Gasteiger partial charge on any atom is 0.336 e. The minimum Gasteiger partial charge on any atom is -0.468 e. The van der Waals surface area contributed by atoms with E-state index in [9.17, 15) is 18.0 Å². The topological polar surface area (TPSA) is 150 Å². The summed E-state index contributed by atoms with van der Waals surface area (Å²) in [6.45, 7) is 3.44. The molecule has 2 heterocycles. The number of rotatable bonds is 7. The van der Waals surface area contributed by atoms with Gasteiger partial charge in [0.05, 0.1) is 30.4 Å². The van der Waals surface area contributed by atoms with Crippen LogP contribution in [-0.4, -0.2) is 45.3 Å². The average Bonchev–Trinajstić information content (AvgIpc) is 3.36.